The minimum absolute atomic E-state index is 0.00134. The first-order valence-corrected chi connectivity index (χ1v) is 7.42. The Morgan fingerprint density at radius 1 is 1.54 bits per heavy atom. The summed E-state index contributed by atoms with van der Waals surface area (Å²) in [5.74, 6) is -0.352. The van der Waals surface area contributed by atoms with Crippen molar-refractivity contribution >= 4 is 12.1 Å². The van der Waals surface area contributed by atoms with Crippen molar-refractivity contribution in [1.82, 2.24) is 15.5 Å². The van der Waals surface area contributed by atoms with Crippen LogP contribution in [-0.2, 0) is 22.7 Å². The number of cyclic esters (lactones) is 1. The van der Waals surface area contributed by atoms with E-state index < -0.39 is 12.2 Å². The van der Waals surface area contributed by atoms with Crippen LogP contribution in [0.2, 0.25) is 0 Å². The Hall–Kier alpha value is -2.87. The molecule has 0 spiro atoms. The summed E-state index contributed by atoms with van der Waals surface area (Å²) in [6, 6.07) is 3.30. The predicted molar refractivity (Wildman–Crippen MR) is 82.0 cm³/mol. The summed E-state index contributed by atoms with van der Waals surface area (Å²) in [6.07, 6.45) is 1.64. The smallest absolute Gasteiger partial charge is 0.407 e. The minimum atomic E-state index is -0.910. The van der Waals surface area contributed by atoms with E-state index in [1.165, 1.54) is 0 Å². The Morgan fingerprint density at radius 2 is 2.38 bits per heavy atom. The van der Waals surface area contributed by atoms with Crippen LogP contribution < -0.4 is 5.32 Å². The van der Waals surface area contributed by atoms with Crippen molar-refractivity contribution in [3.63, 3.8) is 0 Å². The van der Waals surface area contributed by atoms with Gasteiger partial charge in [0.05, 0.1) is 24.4 Å². The predicted octanol–water partition coefficient (Wildman–Crippen LogP) is 1.35. The highest BCUT2D eigenvalue weighted by molar-refractivity contribution is 5.93. The van der Waals surface area contributed by atoms with E-state index in [1.54, 1.807) is 24.5 Å². The van der Waals surface area contributed by atoms with E-state index >= 15 is 0 Å². The molecule has 0 saturated heterocycles. The quantitative estimate of drug-likeness (QED) is 0.713. The van der Waals surface area contributed by atoms with Gasteiger partial charge in [0.15, 0.2) is 0 Å². The summed E-state index contributed by atoms with van der Waals surface area (Å²) in [6.45, 7) is 2.12. The lowest BCUT2D eigenvalue weighted by Crippen LogP contribution is -2.29. The van der Waals surface area contributed by atoms with Gasteiger partial charge in [-0.1, -0.05) is 6.07 Å². The summed E-state index contributed by atoms with van der Waals surface area (Å²) in [4.78, 5) is 23.2. The van der Waals surface area contributed by atoms with Crippen LogP contribution in [0.5, 0.6) is 0 Å². The van der Waals surface area contributed by atoms with Gasteiger partial charge in [0.1, 0.15) is 13.2 Å². The highest BCUT2D eigenvalue weighted by Crippen LogP contribution is 2.28. The first-order valence-electron chi connectivity index (χ1n) is 7.42. The van der Waals surface area contributed by atoms with Crippen molar-refractivity contribution in [2.24, 2.45) is 0 Å². The number of aromatic amines is 1. The Labute approximate surface area is 137 Å². The summed E-state index contributed by atoms with van der Waals surface area (Å²) in [5.41, 5.74) is 3.47. The molecule has 1 atom stereocenters. The second-order valence-electron chi connectivity index (χ2n) is 5.46. The first-order chi connectivity index (χ1) is 11.6. The second kappa shape index (κ2) is 6.71. The number of carbonyl (C=O) groups is 2. The Bertz CT molecular complexity index is 757. The number of rotatable bonds is 5. The zero-order chi connectivity index (χ0) is 17.1. The number of nitrogens with one attached hydrogen (secondary N) is 2. The molecule has 1 aromatic carbocycles. The average molecular weight is 331 g/mol. The molecule has 0 aliphatic carbocycles. The molecule has 3 rings (SSSR count). The van der Waals surface area contributed by atoms with E-state index in [2.05, 4.69) is 15.5 Å². The molecule has 8 nitrogen and oxygen atoms in total. The lowest BCUT2D eigenvalue weighted by atomic mass is 9.95. The molecule has 1 unspecified atom stereocenters. The summed E-state index contributed by atoms with van der Waals surface area (Å²) >= 11 is 0. The lowest BCUT2D eigenvalue weighted by molar-refractivity contribution is 0.0535. The van der Waals surface area contributed by atoms with Crippen LogP contribution in [0.3, 0.4) is 0 Å². The second-order valence-corrected chi connectivity index (χ2v) is 5.46. The Balaban J connectivity index is 1.56. The van der Waals surface area contributed by atoms with Gasteiger partial charge in [-0.3, -0.25) is 5.10 Å². The van der Waals surface area contributed by atoms with Gasteiger partial charge < -0.3 is 19.9 Å². The molecule has 24 heavy (non-hydrogen) atoms. The Kier molecular flexibility index (Phi) is 4.48. The molecule has 2 aromatic rings. The standard InChI is InChI=1S/C16H17N3O5/c1-9-11(2-3-12-13(9)8-23-15(12)21)14(20)6-17-16(22)24-7-10-4-18-19-5-10/h2-5,14,20H,6-8H2,1H3,(H,17,22)(H,18,19). The summed E-state index contributed by atoms with van der Waals surface area (Å²) in [7, 11) is 0. The van der Waals surface area contributed by atoms with Gasteiger partial charge in [-0.15, -0.1) is 0 Å². The highest BCUT2D eigenvalue weighted by atomic mass is 16.5. The number of esters is 1. The summed E-state index contributed by atoms with van der Waals surface area (Å²) in [5, 5.41) is 19.2. The van der Waals surface area contributed by atoms with E-state index in [9.17, 15) is 14.7 Å². The molecule has 3 N–H and O–H groups in total. The van der Waals surface area contributed by atoms with Crippen LogP contribution in [0.1, 0.15) is 38.7 Å². The molecule has 0 saturated carbocycles. The van der Waals surface area contributed by atoms with Gasteiger partial charge in [-0.25, -0.2) is 9.59 Å². The zero-order valence-corrected chi connectivity index (χ0v) is 13.0. The van der Waals surface area contributed by atoms with Gasteiger partial charge in [0, 0.05) is 17.3 Å². The number of carbonyl (C=O) groups excluding carboxylic acids is 2. The molecular formula is C16H17N3O5. The number of H-pyrrole nitrogens is 1. The number of amides is 1. The van der Waals surface area contributed by atoms with Crippen LogP contribution in [0.4, 0.5) is 4.79 Å². The molecule has 1 aliphatic heterocycles. The van der Waals surface area contributed by atoms with E-state index in [1.807, 2.05) is 6.92 Å². The van der Waals surface area contributed by atoms with Crippen molar-refractivity contribution in [3.8, 4) is 0 Å². The summed E-state index contributed by atoms with van der Waals surface area (Å²) < 4.78 is 9.99. The molecule has 0 fully saturated rings. The van der Waals surface area contributed by atoms with Gasteiger partial charge in [-0.05, 0) is 24.1 Å². The van der Waals surface area contributed by atoms with Crippen LogP contribution in [0, 0.1) is 6.92 Å². The molecule has 0 bridgehead atoms. The molecule has 1 aromatic heterocycles. The fraction of sp³-hybridized carbons (Fsp3) is 0.312. The maximum atomic E-state index is 11.6. The minimum Gasteiger partial charge on any atom is -0.457 e. The van der Waals surface area contributed by atoms with E-state index in [4.69, 9.17) is 9.47 Å². The molecule has 126 valence electrons. The maximum Gasteiger partial charge on any atom is 0.407 e. The van der Waals surface area contributed by atoms with Crippen molar-refractivity contribution in [1.29, 1.82) is 0 Å². The number of fused-ring (bicyclic) bond motifs is 1. The van der Waals surface area contributed by atoms with Crippen LogP contribution in [-0.4, -0.2) is 33.9 Å². The molecule has 0 radical (unpaired) electrons. The lowest BCUT2D eigenvalue weighted by Gasteiger charge is -2.16. The van der Waals surface area contributed by atoms with Gasteiger partial charge in [0.25, 0.3) is 0 Å². The van der Waals surface area contributed by atoms with E-state index in [0.717, 1.165) is 16.7 Å². The van der Waals surface area contributed by atoms with Crippen molar-refractivity contribution < 1.29 is 24.2 Å². The number of aliphatic hydroxyl groups is 1. The van der Waals surface area contributed by atoms with Crippen LogP contribution in [0.25, 0.3) is 0 Å². The zero-order valence-electron chi connectivity index (χ0n) is 13.0. The van der Waals surface area contributed by atoms with Crippen LogP contribution in [0.15, 0.2) is 24.5 Å². The Morgan fingerprint density at radius 3 is 3.12 bits per heavy atom. The fourth-order valence-electron chi connectivity index (χ4n) is 2.58. The molecule has 1 aliphatic rings. The largest absolute Gasteiger partial charge is 0.457 e. The number of nitrogens with zero attached hydrogens (tertiary/aromatic N) is 1. The van der Waals surface area contributed by atoms with Gasteiger partial charge in [-0.2, -0.15) is 5.10 Å². The highest BCUT2D eigenvalue weighted by Gasteiger charge is 2.25. The van der Waals surface area contributed by atoms with Crippen molar-refractivity contribution in [3.05, 3.63) is 52.3 Å². The van der Waals surface area contributed by atoms with E-state index in [-0.39, 0.29) is 25.7 Å². The maximum absolute atomic E-state index is 11.6. The molecule has 2 heterocycles. The third kappa shape index (κ3) is 3.23. The average Bonchev–Trinajstić information content (AvgIpc) is 3.21. The number of aliphatic hydroxyl groups excluding tert-OH is 1. The number of ether oxygens (including phenoxy) is 2. The number of benzene rings is 1. The SMILES string of the molecule is Cc1c(C(O)CNC(=O)OCc2cn[nH]c2)ccc2c1COC2=O. The molecule has 8 heteroatoms. The normalized spacial score (nSPS) is 14.0. The van der Waals surface area contributed by atoms with Gasteiger partial charge in [0.2, 0.25) is 0 Å². The number of hydrogen-bond donors (Lipinski definition) is 3. The molecule has 1 amide bonds. The van der Waals surface area contributed by atoms with Crippen molar-refractivity contribution in [2.45, 2.75) is 26.2 Å². The topological polar surface area (TPSA) is 114 Å². The number of hydrogen-bond acceptors (Lipinski definition) is 6. The fourth-order valence-corrected chi connectivity index (χ4v) is 2.58. The number of aromatic nitrogens is 2. The third-order valence-corrected chi connectivity index (χ3v) is 3.93. The monoisotopic (exact) mass is 331 g/mol. The van der Waals surface area contributed by atoms with Crippen LogP contribution >= 0.6 is 0 Å². The van der Waals surface area contributed by atoms with Gasteiger partial charge >= 0.3 is 12.1 Å². The van der Waals surface area contributed by atoms with Crippen molar-refractivity contribution in [2.75, 3.05) is 6.54 Å². The molecular weight excluding hydrogens is 314 g/mol. The first kappa shape index (κ1) is 16.0. The third-order valence-electron chi connectivity index (χ3n) is 3.93. The number of alkyl carbamates (subject to hydrolysis) is 1. The van der Waals surface area contributed by atoms with E-state index in [0.29, 0.717) is 11.1 Å².